The van der Waals surface area contributed by atoms with E-state index in [1.54, 1.807) is 0 Å². The van der Waals surface area contributed by atoms with Crippen molar-refractivity contribution in [3.63, 3.8) is 0 Å². The topological polar surface area (TPSA) is 58.2 Å². The summed E-state index contributed by atoms with van der Waals surface area (Å²) in [5, 5.41) is 0. The van der Waals surface area contributed by atoms with Gasteiger partial charge in [0.15, 0.2) is 0 Å². The number of aldehydes is 2. The zero-order valence-electron chi connectivity index (χ0n) is 6.43. The number of nitrogens with one attached hydrogen (secondary N) is 2. The predicted molar refractivity (Wildman–Crippen MR) is 53.7 cm³/mol. The highest BCUT2D eigenvalue weighted by atomic mass is 32.1. The number of hydrazine groups is 1. The van der Waals surface area contributed by atoms with Crippen molar-refractivity contribution in [2.75, 3.05) is 11.5 Å². The van der Waals surface area contributed by atoms with Crippen molar-refractivity contribution in [2.45, 2.75) is 12.1 Å². The van der Waals surface area contributed by atoms with E-state index in [0.29, 0.717) is 11.5 Å². The number of rotatable bonds is 7. The monoisotopic (exact) mass is 208 g/mol. The Morgan fingerprint density at radius 2 is 1.33 bits per heavy atom. The zero-order chi connectivity index (χ0) is 9.40. The Labute approximate surface area is 82.3 Å². The van der Waals surface area contributed by atoms with Gasteiger partial charge in [-0.05, 0) is 0 Å². The first kappa shape index (κ1) is 12.0. The van der Waals surface area contributed by atoms with E-state index < -0.39 is 0 Å². The molecule has 70 valence electrons. The van der Waals surface area contributed by atoms with Gasteiger partial charge in [0, 0.05) is 11.5 Å². The molecule has 0 aromatic carbocycles. The Kier molecular flexibility index (Phi) is 7.58. The van der Waals surface area contributed by atoms with E-state index in [-0.39, 0.29) is 12.1 Å². The molecule has 0 amide bonds. The maximum atomic E-state index is 10.3. The van der Waals surface area contributed by atoms with Gasteiger partial charge in [0.25, 0.3) is 0 Å². The first-order valence-electron chi connectivity index (χ1n) is 3.41. The second-order valence-electron chi connectivity index (χ2n) is 2.14. The molecule has 0 aromatic heterocycles. The SMILES string of the molecule is O=C[C@H](CS)NN[C@H](C=O)CS. The molecule has 0 heterocycles. The fraction of sp³-hybridized carbons (Fsp3) is 0.667. The fourth-order valence-electron chi connectivity index (χ4n) is 0.459. The van der Waals surface area contributed by atoms with E-state index in [0.717, 1.165) is 12.6 Å². The van der Waals surface area contributed by atoms with Gasteiger partial charge < -0.3 is 9.59 Å². The molecule has 6 heteroatoms. The van der Waals surface area contributed by atoms with E-state index in [2.05, 4.69) is 36.1 Å². The molecule has 0 spiro atoms. The molecule has 2 N–H and O–H groups in total. The number of thiol groups is 2. The molecular formula is C6H12N2O2S2. The Balaban J connectivity index is 3.62. The highest BCUT2D eigenvalue weighted by Gasteiger charge is 2.07. The molecule has 4 nitrogen and oxygen atoms in total. The lowest BCUT2D eigenvalue weighted by Crippen LogP contribution is -2.49. The molecule has 0 radical (unpaired) electrons. The highest BCUT2D eigenvalue weighted by molar-refractivity contribution is 7.80. The molecule has 0 aliphatic carbocycles. The Hall–Kier alpha value is -0.0400. The third-order valence-electron chi connectivity index (χ3n) is 1.18. The van der Waals surface area contributed by atoms with Gasteiger partial charge in [-0.25, -0.2) is 10.9 Å². The van der Waals surface area contributed by atoms with Crippen molar-refractivity contribution in [1.29, 1.82) is 0 Å². The van der Waals surface area contributed by atoms with Crippen molar-refractivity contribution in [2.24, 2.45) is 0 Å². The average molecular weight is 208 g/mol. The summed E-state index contributed by atoms with van der Waals surface area (Å²) in [5.41, 5.74) is 5.29. The lowest BCUT2D eigenvalue weighted by Gasteiger charge is -2.14. The van der Waals surface area contributed by atoms with Gasteiger partial charge in [0.1, 0.15) is 12.6 Å². The Morgan fingerprint density at radius 1 is 1.00 bits per heavy atom. The number of carbonyl (C=O) groups is 2. The van der Waals surface area contributed by atoms with Gasteiger partial charge in [-0.15, -0.1) is 0 Å². The van der Waals surface area contributed by atoms with Gasteiger partial charge in [-0.1, -0.05) is 0 Å². The zero-order valence-corrected chi connectivity index (χ0v) is 8.22. The van der Waals surface area contributed by atoms with Crippen molar-refractivity contribution >= 4 is 37.8 Å². The third kappa shape index (κ3) is 4.76. The molecule has 0 saturated heterocycles. The van der Waals surface area contributed by atoms with Gasteiger partial charge in [0.05, 0.1) is 12.1 Å². The largest absolute Gasteiger partial charge is 0.302 e. The van der Waals surface area contributed by atoms with E-state index in [9.17, 15) is 9.59 Å². The van der Waals surface area contributed by atoms with Crippen LogP contribution in [-0.4, -0.2) is 36.2 Å². The van der Waals surface area contributed by atoms with E-state index in [4.69, 9.17) is 0 Å². The molecule has 0 aliphatic heterocycles. The third-order valence-corrected chi connectivity index (χ3v) is 1.96. The quantitative estimate of drug-likeness (QED) is 0.248. The minimum atomic E-state index is -0.379. The second kappa shape index (κ2) is 7.60. The van der Waals surface area contributed by atoms with Crippen molar-refractivity contribution in [1.82, 2.24) is 10.9 Å². The Bertz CT molecular complexity index is 130. The second-order valence-corrected chi connectivity index (χ2v) is 2.87. The molecule has 2 atom stereocenters. The predicted octanol–water partition coefficient (Wildman–Crippen LogP) is -0.925. The van der Waals surface area contributed by atoms with E-state index in [1.807, 2.05) is 0 Å². The molecule has 12 heavy (non-hydrogen) atoms. The summed E-state index contributed by atoms with van der Waals surface area (Å²) in [6.07, 6.45) is 1.45. The summed E-state index contributed by atoms with van der Waals surface area (Å²) < 4.78 is 0. The maximum Gasteiger partial charge on any atom is 0.139 e. The number of carbonyl (C=O) groups excluding carboxylic acids is 2. The highest BCUT2D eigenvalue weighted by Crippen LogP contribution is 1.84. The van der Waals surface area contributed by atoms with Crippen LogP contribution in [0.3, 0.4) is 0 Å². The van der Waals surface area contributed by atoms with Crippen LogP contribution in [0.4, 0.5) is 0 Å². The van der Waals surface area contributed by atoms with Crippen LogP contribution in [0.2, 0.25) is 0 Å². The minimum Gasteiger partial charge on any atom is -0.302 e. The molecule has 0 bridgehead atoms. The summed E-state index contributed by atoms with van der Waals surface area (Å²) in [6, 6.07) is -0.758. The summed E-state index contributed by atoms with van der Waals surface area (Å²) in [6.45, 7) is 0. The van der Waals surface area contributed by atoms with Crippen LogP contribution < -0.4 is 10.9 Å². The summed E-state index contributed by atoms with van der Waals surface area (Å²) >= 11 is 7.83. The molecule has 0 aromatic rings. The molecule has 0 rings (SSSR count). The van der Waals surface area contributed by atoms with Crippen LogP contribution in [0.1, 0.15) is 0 Å². The van der Waals surface area contributed by atoms with Crippen LogP contribution in [0.15, 0.2) is 0 Å². The molecular weight excluding hydrogens is 196 g/mol. The van der Waals surface area contributed by atoms with Crippen LogP contribution in [0, 0.1) is 0 Å². The van der Waals surface area contributed by atoms with Crippen LogP contribution in [0.25, 0.3) is 0 Å². The Morgan fingerprint density at radius 3 is 1.50 bits per heavy atom. The molecule has 0 aliphatic rings. The fourth-order valence-corrected chi connectivity index (χ4v) is 0.814. The van der Waals surface area contributed by atoms with E-state index in [1.165, 1.54) is 0 Å². The van der Waals surface area contributed by atoms with Gasteiger partial charge in [-0.3, -0.25) is 0 Å². The summed E-state index contributed by atoms with van der Waals surface area (Å²) in [4.78, 5) is 20.5. The van der Waals surface area contributed by atoms with Crippen molar-refractivity contribution < 1.29 is 9.59 Å². The van der Waals surface area contributed by atoms with E-state index >= 15 is 0 Å². The molecule has 0 fully saturated rings. The standard InChI is InChI=1S/C6H12N2O2S2/c9-1-5(3-11)7-8-6(2-10)4-12/h1-2,5-8,11-12H,3-4H2/t5-,6-/m1/s1. The van der Waals surface area contributed by atoms with Crippen LogP contribution in [-0.2, 0) is 9.59 Å². The lowest BCUT2D eigenvalue weighted by atomic mass is 10.4. The average Bonchev–Trinajstić information content (AvgIpc) is 2.13. The van der Waals surface area contributed by atoms with Crippen molar-refractivity contribution in [3.05, 3.63) is 0 Å². The minimum absolute atomic E-state index is 0.379. The van der Waals surface area contributed by atoms with Crippen LogP contribution in [0.5, 0.6) is 0 Å². The first-order valence-corrected chi connectivity index (χ1v) is 4.68. The summed E-state index contributed by atoms with van der Waals surface area (Å²) in [7, 11) is 0. The summed E-state index contributed by atoms with van der Waals surface area (Å²) in [5.74, 6) is 0.767. The number of hydrogen-bond donors (Lipinski definition) is 4. The van der Waals surface area contributed by atoms with Gasteiger partial charge in [-0.2, -0.15) is 25.3 Å². The maximum absolute atomic E-state index is 10.3. The van der Waals surface area contributed by atoms with Crippen molar-refractivity contribution in [3.8, 4) is 0 Å². The molecule has 0 saturated carbocycles. The lowest BCUT2D eigenvalue weighted by molar-refractivity contribution is -0.111. The van der Waals surface area contributed by atoms with Gasteiger partial charge in [0.2, 0.25) is 0 Å². The smallest absolute Gasteiger partial charge is 0.139 e. The normalized spacial score (nSPS) is 15.2. The molecule has 0 unspecified atom stereocenters. The van der Waals surface area contributed by atoms with Crippen LogP contribution >= 0.6 is 25.3 Å². The first-order chi connectivity index (χ1) is 5.78. The number of hydrogen-bond acceptors (Lipinski definition) is 6. The van der Waals surface area contributed by atoms with Gasteiger partial charge >= 0.3 is 0 Å².